The summed E-state index contributed by atoms with van der Waals surface area (Å²) >= 11 is 0. The minimum Gasteiger partial charge on any atom is -0.493 e. The van der Waals surface area contributed by atoms with Crippen molar-refractivity contribution in [3.05, 3.63) is 100 Å². The molecule has 0 spiro atoms. The Balaban J connectivity index is 1.26. The van der Waals surface area contributed by atoms with Crippen LogP contribution in [0.15, 0.2) is 76.3 Å². The quantitative estimate of drug-likeness (QED) is 0.145. The van der Waals surface area contributed by atoms with Gasteiger partial charge in [-0.25, -0.2) is 13.1 Å². The first-order chi connectivity index (χ1) is 24.0. The molecule has 1 unspecified atom stereocenters. The van der Waals surface area contributed by atoms with Gasteiger partial charge < -0.3 is 18.9 Å². The van der Waals surface area contributed by atoms with Crippen LogP contribution in [0.4, 0.5) is 5.69 Å². The summed E-state index contributed by atoms with van der Waals surface area (Å²) in [6.07, 6.45) is 1.70. The lowest BCUT2D eigenvalue weighted by Gasteiger charge is -2.40. The van der Waals surface area contributed by atoms with Crippen molar-refractivity contribution in [3.8, 4) is 11.5 Å². The summed E-state index contributed by atoms with van der Waals surface area (Å²) in [4.78, 5) is 34.7. The Kier molecular flexibility index (Phi) is 10.3. The number of amides is 2. The number of hydrogen-bond acceptors (Lipinski definition) is 10. The fourth-order valence-electron chi connectivity index (χ4n) is 6.95. The average Bonchev–Trinajstić information content (AvgIpc) is 3.68. The van der Waals surface area contributed by atoms with E-state index in [1.807, 2.05) is 19.1 Å². The lowest BCUT2D eigenvalue weighted by Crippen LogP contribution is -2.47. The van der Waals surface area contributed by atoms with Gasteiger partial charge in [0, 0.05) is 38.8 Å². The maximum atomic E-state index is 14.5. The van der Waals surface area contributed by atoms with Gasteiger partial charge in [-0.1, -0.05) is 41.6 Å². The van der Waals surface area contributed by atoms with Crippen LogP contribution >= 0.6 is 0 Å². The van der Waals surface area contributed by atoms with Gasteiger partial charge in [0.15, 0.2) is 11.5 Å². The molecule has 4 aromatic rings. The molecule has 2 amide bonds. The topological polar surface area (TPSA) is 135 Å². The highest BCUT2D eigenvalue weighted by molar-refractivity contribution is 7.89. The molecule has 0 bridgehead atoms. The van der Waals surface area contributed by atoms with Gasteiger partial charge in [0.2, 0.25) is 10.0 Å². The number of benzene rings is 3. The van der Waals surface area contributed by atoms with Crippen molar-refractivity contribution >= 4 is 27.5 Å². The number of rotatable bonds is 13. The zero-order valence-corrected chi connectivity index (χ0v) is 29.8. The summed E-state index contributed by atoms with van der Waals surface area (Å²) in [5.74, 6) is 0.203. The van der Waals surface area contributed by atoms with E-state index in [1.165, 1.54) is 24.7 Å². The van der Waals surface area contributed by atoms with Crippen LogP contribution in [0.3, 0.4) is 0 Å². The second-order valence-corrected chi connectivity index (χ2v) is 14.5. The van der Waals surface area contributed by atoms with E-state index >= 15 is 0 Å². The van der Waals surface area contributed by atoms with Crippen LogP contribution in [0.25, 0.3) is 0 Å². The molecule has 2 aliphatic rings. The normalized spacial score (nSPS) is 16.4. The number of piperazine rings is 1. The number of nitrogens with one attached hydrogen (secondary N) is 1. The molecule has 1 aromatic heterocycles. The van der Waals surface area contributed by atoms with E-state index in [-0.39, 0.29) is 41.4 Å². The number of aromatic nitrogens is 1. The number of anilines is 1. The highest BCUT2D eigenvalue weighted by Crippen LogP contribution is 2.41. The number of fused-ring (bicyclic) bond motifs is 1. The third kappa shape index (κ3) is 6.85. The Morgan fingerprint density at radius 1 is 0.900 bits per heavy atom. The molecule has 0 saturated carbocycles. The van der Waals surface area contributed by atoms with Crippen LogP contribution in [-0.4, -0.2) is 82.1 Å². The number of ether oxygens (including phenoxy) is 2. The lowest BCUT2D eigenvalue weighted by atomic mass is 9.99. The molecule has 1 fully saturated rings. The van der Waals surface area contributed by atoms with Gasteiger partial charge in [0.05, 0.1) is 37.1 Å². The predicted octanol–water partition coefficient (Wildman–Crippen LogP) is 5.29. The van der Waals surface area contributed by atoms with Crippen molar-refractivity contribution < 1.29 is 32.0 Å². The molecule has 2 aliphatic heterocycles. The van der Waals surface area contributed by atoms with Crippen LogP contribution in [0.2, 0.25) is 0 Å². The average molecular weight is 702 g/mol. The Morgan fingerprint density at radius 2 is 1.62 bits per heavy atom. The minimum absolute atomic E-state index is 0.0347. The molecule has 3 heterocycles. The number of carbonyl (C=O) groups is 2. The van der Waals surface area contributed by atoms with E-state index in [4.69, 9.17) is 14.0 Å². The van der Waals surface area contributed by atoms with Gasteiger partial charge in [-0.3, -0.25) is 19.4 Å². The van der Waals surface area contributed by atoms with E-state index in [0.29, 0.717) is 47.7 Å². The van der Waals surface area contributed by atoms with Gasteiger partial charge in [-0.15, -0.1) is 0 Å². The number of sulfonamides is 1. The summed E-state index contributed by atoms with van der Waals surface area (Å²) in [6, 6.07) is 19.1. The summed E-state index contributed by atoms with van der Waals surface area (Å²) in [5, 5.41) is 3.67. The number of aryl methyl sites for hydroxylation is 2. The first kappa shape index (κ1) is 35.1. The number of imide groups is 1. The third-order valence-electron chi connectivity index (χ3n) is 9.67. The van der Waals surface area contributed by atoms with Gasteiger partial charge in [-0.05, 0) is 74.6 Å². The molecule has 2 atom stereocenters. The molecular weight excluding hydrogens is 659 g/mol. The van der Waals surface area contributed by atoms with Crippen molar-refractivity contribution in [1.29, 1.82) is 0 Å². The van der Waals surface area contributed by atoms with Crippen molar-refractivity contribution in [2.24, 2.45) is 0 Å². The largest absolute Gasteiger partial charge is 0.493 e. The smallest absolute Gasteiger partial charge is 0.264 e. The van der Waals surface area contributed by atoms with Crippen LogP contribution in [0.5, 0.6) is 11.5 Å². The third-order valence-corrected chi connectivity index (χ3v) is 11.2. The summed E-state index contributed by atoms with van der Waals surface area (Å²) in [7, 11) is -0.802. The molecule has 6 rings (SSSR count). The van der Waals surface area contributed by atoms with Crippen LogP contribution in [-0.2, 0) is 10.0 Å². The predicted molar refractivity (Wildman–Crippen MR) is 188 cm³/mol. The number of methoxy groups -OCH3 is 2. The lowest BCUT2D eigenvalue weighted by molar-refractivity contribution is 0.0572. The standard InChI is InChI=1S/C37H43N5O7S/c1-24-20-29-35(31(21-24)41-18-16-40(17-19-41)26(3)27-10-7-6-8-11-27)37(44)42(36(29)43)30(28-13-14-32(47-4)33(22-28)48-5)12-9-15-38-50(45,46)34-23-49-39-25(34)2/h6-8,10-11,13-14,20-23,26,30,38H,9,12,15-19H2,1-5H3/t26?,30-/m1/s1. The Hall–Kier alpha value is -4.72. The maximum Gasteiger partial charge on any atom is 0.264 e. The van der Waals surface area contributed by atoms with E-state index in [2.05, 4.69) is 50.9 Å². The number of carbonyl (C=O) groups excluding carboxylic acids is 2. The van der Waals surface area contributed by atoms with Gasteiger partial charge in [-0.2, -0.15) is 0 Å². The molecule has 1 N–H and O–H groups in total. The zero-order valence-electron chi connectivity index (χ0n) is 29.0. The monoisotopic (exact) mass is 701 g/mol. The number of nitrogens with zero attached hydrogens (tertiary/aromatic N) is 4. The molecule has 50 heavy (non-hydrogen) atoms. The first-order valence-corrected chi connectivity index (χ1v) is 18.2. The molecule has 0 radical (unpaired) electrons. The second kappa shape index (κ2) is 14.6. The molecule has 13 heteroatoms. The maximum absolute atomic E-state index is 14.5. The summed E-state index contributed by atoms with van der Waals surface area (Å²) in [5.41, 5.74) is 4.61. The van der Waals surface area contributed by atoms with Crippen LogP contribution in [0, 0.1) is 13.8 Å². The van der Waals surface area contributed by atoms with Crippen molar-refractivity contribution in [2.45, 2.75) is 50.6 Å². The molecule has 264 valence electrons. The fraction of sp³-hybridized carbons (Fsp3) is 0.378. The van der Waals surface area contributed by atoms with E-state index < -0.39 is 16.1 Å². The first-order valence-electron chi connectivity index (χ1n) is 16.7. The SMILES string of the molecule is COc1ccc([C@@H](CCCNS(=O)(=O)c2conc2C)N2C(=O)c3cc(C)cc(N4CCN(C(C)c5ccccc5)CC4)c3C2=O)cc1OC. The highest BCUT2D eigenvalue weighted by atomic mass is 32.2. The Bertz CT molecular complexity index is 1970. The van der Waals surface area contributed by atoms with Crippen LogP contribution < -0.4 is 19.1 Å². The van der Waals surface area contributed by atoms with Gasteiger partial charge >= 0.3 is 0 Å². The van der Waals surface area contributed by atoms with Crippen LogP contribution in [0.1, 0.15) is 74.9 Å². The minimum atomic E-state index is -3.86. The molecule has 0 aliphatic carbocycles. The zero-order chi connectivity index (χ0) is 35.6. The van der Waals surface area contributed by atoms with E-state index in [9.17, 15) is 18.0 Å². The van der Waals surface area contributed by atoms with Gasteiger partial charge in [0.25, 0.3) is 11.8 Å². The van der Waals surface area contributed by atoms with Gasteiger partial charge in [0.1, 0.15) is 16.9 Å². The molecule has 3 aromatic carbocycles. The van der Waals surface area contributed by atoms with Crippen molar-refractivity contribution in [1.82, 2.24) is 19.7 Å². The Labute approximate surface area is 293 Å². The number of hydrogen-bond donors (Lipinski definition) is 1. The summed E-state index contributed by atoms with van der Waals surface area (Å²) in [6.45, 7) is 8.80. The van der Waals surface area contributed by atoms with E-state index in [1.54, 1.807) is 31.2 Å². The highest BCUT2D eigenvalue weighted by Gasteiger charge is 2.43. The van der Waals surface area contributed by atoms with E-state index in [0.717, 1.165) is 30.6 Å². The molecule has 1 saturated heterocycles. The summed E-state index contributed by atoms with van der Waals surface area (Å²) < 4.78 is 44.2. The van der Waals surface area contributed by atoms with Crippen molar-refractivity contribution in [3.63, 3.8) is 0 Å². The molecule has 12 nitrogen and oxygen atoms in total. The molecular formula is C37H43N5O7S. The Morgan fingerprint density at radius 3 is 2.28 bits per heavy atom. The second-order valence-electron chi connectivity index (χ2n) is 12.7. The van der Waals surface area contributed by atoms with Crippen molar-refractivity contribution in [2.75, 3.05) is 51.8 Å². The fourth-order valence-corrected chi connectivity index (χ4v) is 8.12.